The lowest BCUT2D eigenvalue weighted by atomic mass is 10.1. The maximum absolute atomic E-state index is 11.6. The number of rotatable bonds is 3. The number of aromatic amines is 1. The number of aromatic nitrogens is 2. The predicted octanol–water partition coefficient (Wildman–Crippen LogP) is 1.14. The first-order chi connectivity index (χ1) is 7.09. The van der Waals surface area contributed by atoms with Gasteiger partial charge in [-0.25, -0.2) is 13.4 Å². The van der Waals surface area contributed by atoms with E-state index >= 15 is 0 Å². The molecule has 1 aromatic heterocycles. The lowest BCUT2D eigenvalue weighted by Gasteiger charge is -2.14. The van der Waals surface area contributed by atoms with Gasteiger partial charge in [0.15, 0.2) is 9.84 Å². The molecule has 1 saturated heterocycles. The Morgan fingerprint density at radius 2 is 2.47 bits per heavy atom. The lowest BCUT2D eigenvalue weighted by Crippen LogP contribution is -2.28. The van der Waals surface area contributed by atoms with Crippen LogP contribution in [0.4, 0.5) is 0 Å². The summed E-state index contributed by atoms with van der Waals surface area (Å²) in [5.74, 6) is 1.02. The van der Waals surface area contributed by atoms with Crippen molar-refractivity contribution < 1.29 is 8.42 Å². The molecule has 1 fully saturated rings. The molecule has 2 rings (SSSR count). The molecule has 2 unspecified atom stereocenters. The molecule has 0 radical (unpaired) electrons. The first-order valence-corrected chi connectivity index (χ1v) is 7.08. The van der Waals surface area contributed by atoms with Crippen LogP contribution in [0.25, 0.3) is 0 Å². The smallest absolute Gasteiger partial charge is 0.154 e. The van der Waals surface area contributed by atoms with Gasteiger partial charge in [0.1, 0.15) is 5.82 Å². The SMILES string of the molecule is O=S1(=O)CCCC1C(Cl)Cc1ncc[nH]1. The van der Waals surface area contributed by atoms with Gasteiger partial charge in [0.2, 0.25) is 0 Å². The van der Waals surface area contributed by atoms with Crippen molar-refractivity contribution in [2.75, 3.05) is 5.75 Å². The highest BCUT2D eigenvalue weighted by Gasteiger charge is 2.36. The number of imidazole rings is 1. The Hall–Kier alpha value is -0.550. The van der Waals surface area contributed by atoms with Crippen LogP contribution in [-0.4, -0.2) is 34.8 Å². The highest BCUT2D eigenvalue weighted by molar-refractivity contribution is 7.92. The second-order valence-corrected chi connectivity index (χ2v) is 6.70. The van der Waals surface area contributed by atoms with E-state index in [4.69, 9.17) is 11.6 Å². The molecule has 0 spiro atoms. The van der Waals surface area contributed by atoms with E-state index in [9.17, 15) is 8.42 Å². The van der Waals surface area contributed by atoms with Crippen LogP contribution in [0.3, 0.4) is 0 Å². The number of nitrogens with one attached hydrogen (secondary N) is 1. The van der Waals surface area contributed by atoms with Crippen molar-refractivity contribution >= 4 is 21.4 Å². The fourth-order valence-electron chi connectivity index (χ4n) is 1.95. The molecule has 1 N–H and O–H groups in total. The van der Waals surface area contributed by atoms with Crippen molar-refractivity contribution in [3.05, 3.63) is 18.2 Å². The van der Waals surface area contributed by atoms with E-state index in [1.54, 1.807) is 12.4 Å². The van der Waals surface area contributed by atoms with Crippen LogP contribution in [0, 0.1) is 0 Å². The fourth-order valence-corrected chi connectivity index (χ4v) is 4.63. The average molecular weight is 249 g/mol. The predicted molar refractivity (Wildman–Crippen MR) is 58.7 cm³/mol. The topological polar surface area (TPSA) is 62.8 Å². The fraction of sp³-hybridized carbons (Fsp3) is 0.667. The van der Waals surface area contributed by atoms with Crippen LogP contribution in [0.5, 0.6) is 0 Å². The van der Waals surface area contributed by atoms with Crippen LogP contribution >= 0.6 is 11.6 Å². The Morgan fingerprint density at radius 3 is 3.00 bits per heavy atom. The van der Waals surface area contributed by atoms with E-state index < -0.39 is 15.1 Å². The van der Waals surface area contributed by atoms with Gasteiger partial charge in [-0.1, -0.05) is 0 Å². The minimum absolute atomic E-state index is 0.277. The molecule has 0 aromatic carbocycles. The summed E-state index contributed by atoms with van der Waals surface area (Å²) in [5.41, 5.74) is 0. The molecule has 1 aliphatic heterocycles. The molecule has 4 nitrogen and oxygen atoms in total. The number of hydrogen-bond acceptors (Lipinski definition) is 3. The monoisotopic (exact) mass is 248 g/mol. The third kappa shape index (κ3) is 2.34. The van der Waals surface area contributed by atoms with Gasteiger partial charge in [0, 0.05) is 18.8 Å². The summed E-state index contributed by atoms with van der Waals surface area (Å²) in [4.78, 5) is 6.97. The highest BCUT2D eigenvalue weighted by atomic mass is 35.5. The molecule has 2 atom stereocenters. The number of sulfone groups is 1. The first kappa shape index (κ1) is 11.0. The summed E-state index contributed by atoms with van der Waals surface area (Å²) >= 11 is 6.12. The van der Waals surface area contributed by atoms with E-state index in [0.29, 0.717) is 12.8 Å². The van der Waals surface area contributed by atoms with Crippen LogP contribution in [-0.2, 0) is 16.3 Å². The van der Waals surface area contributed by atoms with Crippen LogP contribution in [0.15, 0.2) is 12.4 Å². The Morgan fingerprint density at radius 1 is 1.67 bits per heavy atom. The molecule has 1 aromatic rings. The van der Waals surface area contributed by atoms with Gasteiger partial charge in [0.25, 0.3) is 0 Å². The molecule has 84 valence electrons. The molecule has 0 aliphatic carbocycles. The first-order valence-electron chi connectivity index (χ1n) is 4.93. The third-order valence-electron chi connectivity index (χ3n) is 2.73. The van der Waals surface area contributed by atoms with Crippen molar-refractivity contribution in [3.63, 3.8) is 0 Å². The molecule has 15 heavy (non-hydrogen) atoms. The van der Waals surface area contributed by atoms with Gasteiger partial charge in [-0.2, -0.15) is 0 Å². The highest BCUT2D eigenvalue weighted by Crippen LogP contribution is 2.27. The van der Waals surface area contributed by atoms with Crippen LogP contribution in [0.2, 0.25) is 0 Å². The summed E-state index contributed by atoms with van der Waals surface area (Å²) in [6, 6.07) is 0. The summed E-state index contributed by atoms with van der Waals surface area (Å²) < 4.78 is 23.2. The second kappa shape index (κ2) is 4.14. The van der Waals surface area contributed by atoms with E-state index in [1.165, 1.54) is 0 Å². The molecular weight excluding hydrogens is 236 g/mol. The third-order valence-corrected chi connectivity index (χ3v) is 5.68. The van der Waals surface area contributed by atoms with Crippen LogP contribution in [0.1, 0.15) is 18.7 Å². The van der Waals surface area contributed by atoms with Gasteiger partial charge in [-0.05, 0) is 12.8 Å². The molecular formula is C9H13ClN2O2S. The van der Waals surface area contributed by atoms with Gasteiger partial charge in [-0.3, -0.25) is 0 Å². The minimum Gasteiger partial charge on any atom is -0.349 e. The quantitative estimate of drug-likeness (QED) is 0.816. The van der Waals surface area contributed by atoms with Gasteiger partial charge >= 0.3 is 0 Å². The zero-order chi connectivity index (χ0) is 10.9. The molecule has 0 saturated carbocycles. The Bertz CT molecular complexity index is 415. The van der Waals surface area contributed by atoms with Gasteiger partial charge in [0.05, 0.1) is 16.4 Å². The Labute approximate surface area is 94.0 Å². The van der Waals surface area contributed by atoms with E-state index in [-0.39, 0.29) is 11.1 Å². The number of nitrogens with zero attached hydrogens (tertiary/aromatic N) is 1. The van der Waals surface area contributed by atoms with Gasteiger partial charge < -0.3 is 4.98 Å². The zero-order valence-electron chi connectivity index (χ0n) is 8.19. The van der Waals surface area contributed by atoms with Crippen molar-refractivity contribution in [1.82, 2.24) is 9.97 Å². The minimum atomic E-state index is -2.96. The summed E-state index contributed by atoms with van der Waals surface area (Å²) in [6.07, 6.45) is 5.24. The normalized spacial score (nSPS) is 26.6. The molecule has 2 heterocycles. The van der Waals surface area contributed by atoms with Crippen molar-refractivity contribution in [2.24, 2.45) is 0 Å². The van der Waals surface area contributed by atoms with Crippen molar-refractivity contribution in [1.29, 1.82) is 0 Å². The van der Waals surface area contributed by atoms with E-state index in [2.05, 4.69) is 9.97 Å². The van der Waals surface area contributed by atoms with Gasteiger partial charge in [-0.15, -0.1) is 11.6 Å². The van der Waals surface area contributed by atoms with Crippen molar-refractivity contribution in [2.45, 2.75) is 29.9 Å². The van der Waals surface area contributed by atoms with E-state index in [0.717, 1.165) is 12.2 Å². The summed E-state index contributed by atoms with van der Waals surface area (Å²) in [7, 11) is -2.96. The lowest BCUT2D eigenvalue weighted by molar-refractivity contribution is 0.582. The standard InChI is InChI=1S/C9H13ClN2O2S/c10-7(6-9-11-3-4-12-9)8-2-1-5-15(8,13)14/h3-4,7-8H,1-2,5-6H2,(H,11,12). The maximum atomic E-state index is 11.6. The Balaban J connectivity index is 2.05. The molecule has 6 heteroatoms. The largest absolute Gasteiger partial charge is 0.349 e. The Kier molecular flexibility index (Phi) is 3.02. The number of halogens is 1. The molecule has 1 aliphatic rings. The van der Waals surface area contributed by atoms with Crippen LogP contribution < -0.4 is 0 Å². The molecule has 0 amide bonds. The second-order valence-electron chi connectivity index (χ2n) is 3.80. The van der Waals surface area contributed by atoms with E-state index in [1.807, 2.05) is 0 Å². The number of alkyl halides is 1. The number of hydrogen-bond donors (Lipinski definition) is 1. The zero-order valence-corrected chi connectivity index (χ0v) is 9.76. The summed E-state index contributed by atoms with van der Waals surface area (Å²) in [6.45, 7) is 0. The van der Waals surface area contributed by atoms with Crippen molar-refractivity contribution in [3.8, 4) is 0 Å². The average Bonchev–Trinajstić information content (AvgIpc) is 2.73. The maximum Gasteiger partial charge on any atom is 0.154 e. The molecule has 0 bridgehead atoms. The number of H-pyrrole nitrogens is 1. The summed E-state index contributed by atoms with van der Waals surface area (Å²) in [5, 5.41) is -0.770.